The Bertz CT molecular complexity index is 187. The summed E-state index contributed by atoms with van der Waals surface area (Å²) in [5.41, 5.74) is 0. The lowest BCUT2D eigenvalue weighted by molar-refractivity contribution is 0.0211. The van der Waals surface area contributed by atoms with E-state index in [1.165, 1.54) is 0 Å². The molecule has 16 heavy (non-hydrogen) atoms. The summed E-state index contributed by atoms with van der Waals surface area (Å²) in [4.78, 5) is 4.63. The molecular formula is C12H27N3O. The van der Waals surface area contributed by atoms with Crippen molar-refractivity contribution in [2.75, 3.05) is 61.0 Å². The summed E-state index contributed by atoms with van der Waals surface area (Å²) in [5.74, 6) is 0.630. The van der Waals surface area contributed by atoms with Gasteiger partial charge in [0, 0.05) is 38.2 Å². The molecule has 0 amide bonds. The molecule has 1 heterocycles. The molecule has 0 radical (unpaired) electrons. The Morgan fingerprint density at radius 3 is 2.62 bits per heavy atom. The van der Waals surface area contributed by atoms with E-state index in [1.54, 1.807) is 0 Å². The average molecular weight is 229 g/mol. The summed E-state index contributed by atoms with van der Waals surface area (Å²) < 4.78 is 5.56. The van der Waals surface area contributed by atoms with Crippen molar-refractivity contribution < 1.29 is 4.74 Å². The van der Waals surface area contributed by atoms with Crippen molar-refractivity contribution in [1.29, 1.82) is 0 Å². The molecule has 1 N–H and O–H groups in total. The van der Waals surface area contributed by atoms with Gasteiger partial charge in [-0.25, -0.2) is 0 Å². The van der Waals surface area contributed by atoms with Gasteiger partial charge in [0.2, 0.25) is 0 Å². The normalized spacial score (nSPS) is 26.6. The van der Waals surface area contributed by atoms with Crippen LogP contribution >= 0.6 is 0 Å². The van der Waals surface area contributed by atoms with Crippen LogP contribution in [0, 0.1) is 5.92 Å². The fourth-order valence-corrected chi connectivity index (χ4v) is 2.22. The van der Waals surface area contributed by atoms with Gasteiger partial charge in [0.05, 0.1) is 6.61 Å². The molecule has 0 aromatic rings. The van der Waals surface area contributed by atoms with Crippen LogP contribution in [0.25, 0.3) is 0 Å². The Hall–Kier alpha value is -0.160. The molecule has 1 aliphatic heterocycles. The van der Waals surface area contributed by atoms with Gasteiger partial charge in [0.1, 0.15) is 0 Å². The van der Waals surface area contributed by atoms with Crippen molar-refractivity contribution in [2.24, 2.45) is 5.92 Å². The lowest BCUT2D eigenvalue weighted by Crippen LogP contribution is -2.46. The molecule has 1 fully saturated rings. The standard InChI is InChI=1S/C12H27N3O/c1-13-12-5-8-16-10-11(12)9-15(4)7-6-14(2)3/h11-13H,5-10H2,1-4H3. The van der Waals surface area contributed by atoms with Gasteiger partial charge in [-0.1, -0.05) is 0 Å². The quantitative estimate of drug-likeness (QED) is 0.699. The molecule has 4 heteroatoms. The minimum atomic E-state index is 0.621. The molecule has 2 atom stereocenters. The Kier molecular flexibility index (Phi) is 6.28. The first-order valence-corrected chi connectivity index (χ1v) is 6.21. The van der Waals surface area contributed by atoms with Crippen LogP contribution in [0.15, 0.2) is 0 Å². The summed E-state index contributed by atoms with van der Waals surface area (Å²) in [6, 6.07) is 0.621. The first-order valence-electron chi connectivity index (χ1n) is 6.21. The zero-order valence-corrected chi connectivity index (χ0v) is 11.2. The van der Waals surface area contributed by atoms with Crippen molar-refractivity contribution in [2.45, 2.75) is 12.5 Å². The third-order valence-electron chi connectivity index (χ3n) is 3.32. The second kappa shape index (κ2) is 7.22. The number of nitrogens with one attached hydrogen (secondary N) is 1. The van der Waals surface area contributed by atoms with Crippen molar-refractivity contribution in [3.05, 3.63) is 0 Å². The Morgan fingerprint density at radius 2 is 2.00 bits per heavy atom. The number of hydrogen-bond acceptors (Lipinski definition) is 4. The molecule has 0 saturated carbocycles. The molecule has 96 valence electrons. The fraction of sp³-hybridized carbons (Fsp3) is 1.00. The second-order valence-electron chi connectivity index (χ2n) is 5.08. The molecular weight excluding hydrogens is 202 g/mol. The van der Waals surface area contributed by atoms with Gasteiger partial charge in [-0.2, -0.15) is 0 Å². The molecule has 4 nitrogen and oxygen atoms in total. The molecule has 0 spiro atoms. The van der Waals surface area contributed by atoms with E-state index in [2.05, 4.69) is 43.3 Å². The summed E-state index contributed by atoms with van der Waals surface area (Å²) in [7, 11) is 8.50. The van der Waals surface area contributed by atoms with E-state index in [0.29, 0.717) is 12.0 Å². The van der Waals surface area contributed by atoms with Gasteiger partial charge in [0.25, 0.3) is 0 Å². The Morgan fingerprint density at radius 1 is 1.25 bits per heavy atom. The van der Waals surface area contributed by atoms with Crippen LogP contribution < -0.4 is 5.32 Å². The van der Waals surface area contributed by atoms with Crippen molar-refractivity contribution in [3.63, 3.8) is 0 Å². The Labute approximate surface area is 99.9 Å². The number of likely N-dealkylation sites (N-methyl/N-ethyl adjacent to an activating group) is 2. The first kappa shape index (κ1) is 13.9. The maximum atomic E-state index is 5.56. The molecule has 1 rings (SSSR count). The predicted octanol–water partition coefficient (Wildman–Crippen LogP) is 0.104. The van der Waals surface area contributed by atoms with Crippen LogP contribution in [-0.4, -0.2) is 76.9 Å². The van der Waals surface area contributed by atoms with Crippen LogP contribution in [0.4, 0.5) is 0 Å². The third-order valence-corrected chi connectivity index (χ3v) is 3.32. The number of nitrogens with zero attached hydrogens (tertiary/aromatic N) is 2. The van der Waals surface area contributed by atoms with Gasteiger partial charge >= 0.3 is 0 Å². The first-order chi connectivity index (χ1) is 7.63. The number of hydrogen-bond donors (Lipinski definition) is 1. The minimum absolute atomic E-state index is 0.621. The van der Waals surface area contributed by atoms with Crippen LogP contribution in [0.1, 0.15) is 6.42 Å². The largest absolute Gasteiger partial charge is 0.381 e. The van der Waals surface area contributed by atoms with Gasteiger partial charge in [-0.15, -0.1) is 0 Å². The zero-order chi connectivity index (χ0) is 12.0. The van der Waals surface area contributed by atoms with E-state index in [4.69, 9.17) is 4.74 Å². The van der Waals surface area contributed by atoms with Crippen molar-refractivity contribution in [1.82, 2.24) is 15.1 Å². The molecule has 2 unspecified atom stereocenters. The van der Waals surface area contributed by atoms with E-state index in [0.717, 1.165) is 39.3 Å². The summed E-state index contributed by atoms with van der Waals surface area (Å²) in [6.07, 6.45) is 1.14. The summed E-state index contributed by atoms with van der Waals surface area (Å²) in [6.45, 7) is 5.18. The van der Waals surface area contributed by atoms with Gasteiger partial charge in [-0.3, -0.25) is 0 Å². The topological polar surface area (TPSA) is 27.7 Å². The minimum Gasteiger partial charge on any atom is -0.381 e. The molecule has 1 saturated heterocycles. The highest BCUT2D eigenvalue weighted by molar-refractivity contribution is 4.80. The lowest BCUT2D eigenvalue weighted by atomic mass is 9.95. The van der Waals surface area contributed by atoms with E-state index >= 15 is 0 Å². The Balaban J connectivity index is 2.27. The van der Waals surface area contributed by atoms with Crippen molar-refractivity contribution in [3.8, 4) is 0 Å². The number of rotatable bonds is 6. The highest BCUT2D eigenvalue weighted by Crippen LogP contribution is 2.15. The van der Waals surface area contributed by atoms with Gasteiger partial charge in [0.15, 0.2) is 0 Å². The molecule has 1 aliphatic rings. The van der Waals surface area contributed by atoms with Crippen LogP contribution in [0.5, 0.6) is 0 Å². The average Bonchev–Trinajstić information content (AvgIpc) is 2.27. The van der Waals surface area contributed by atoms with E-state index in [9.17, 15) is 0 Å². The highest BCUT2D eigenvalue weighted by atomic mass is 16.5. The maximum Gasteiger partial charge on any atom is 0.0521 e. The summed E-state index contributed by atoms with van der Waals surface area (Å²) in [5, 5.41) is 3.41. The van der Waals surface area contributed by atoms with E-state index in [-0.39, 0.29) is 0 Å². The molecule has 0 aromatic heterocycles. The number of ether oxygens (including phenoxy) is 1. The summed E-state index contributed by atoms with van der Waals surface area (Å²) >= 11 is 0. The molecule has 0 aliphatic carbocycles. The van der Waals surface area contributed by atoms with Crippen LogP contribution in [-0.2, 0) is 4.74 Å². The molecule has 0 aromatic carbocycles. The molecule has 0 bridgehead atoms. The smallest absolute Gasteiger partial charge is 0.0521 e. The predicted molar refractivity (Wildman–Crippen MR) is 67.8 cm³/mol. The van der Waals surface area contributed by atoms with Crippen LogP contribution in [0.3, 0.4) is 0 Å². The van der Waals surface area contributed by atoms with E-state index < -0.39 is 0 Å². The highest BCUT2D eigenvalue weighted by Gasteiger charge is 2.25. The zero-order valence-electron chi connectivity index (χ0n) is 11.2. The SMILES string of the molecule is CNC1CCOCC1CN(C)CCN(C)C. The second-order valence-corrected chi connectivity index (χ2v) is 5.08. The lowest BCUT2D eigenvalue weighted by Gasteiger charge is -2.34. The van der Waals surface area contributed by atoms with E-state index in [1.807, 2.05) is 0 Å². The van der Waals surface area contributed by atoms with Crippen molar-refractivity contribution >= 4 is 0 Å². The van der Waals surface area contributed by atoms with Crippen LogP contribution in [0.2, 0.25) is 0 Å². The fourth-order valence-electron chi connectivity index (χ4n) is 2.22. The maximum absolute atomic E-state index is 5.56. The monoisotopic (exact) mass is 229 g/mol. The third kappa shape index (κ3) is 4.78. The van der Waals surface area contributed by atoms with Gasteiger partial charge < -0.3 is 19.9 Å². The van der Waals surface area contributed by atoms with Gasteiger partial charge in [-0.05, 0) is 34.6 Å².